The van der Waals surface area contributed by atoms with Crippen LogP contribution >= 0.6 is 28.1 Å². The van der Waals surface area contributed by atoms with Crippen molar-refractivity contribution in [2.24, 2.45) is 0 Å². The van der Waals surface area contributed by atoms with Gasteiger partial charge in [-0.25, -0.2) is 0 Å². The molecule has 136 valence electrons. The van der Waals surface area contributed by atoms with Crippen LogP contribution in [-0.4, -0.2) is 23.0 Å². The maximum absolute atomic E-state index is 12.5. The molecule has 0 aliphatic rings. The lowest BCUT2D eigenvalue weighted by atomic mass is 10.2. The summed E-state index contributed by atoms with van der Waals surface area (Å²) < 4.78 is 6.38. The average molecular weight is 436 g/mol. The van der Waals surface area contributed by atoms with Crippen LogP contribution in [-0.2, 0) is 0 Å². The highest BCUT2D eigenvalue weighted by Crippen LogP contribution is 2.24. The lowest BCUT2D eigenvalue weighted by Crippen LogP contribution is -2.48. The lowest BCUT2D eigenvalue weighted by molar-refractivity contribution is 0.0933. The quantitative estimate of drug-likeness (QED) is 0.507. The fraction of sp³-hybridized carbons (Fsp3) is 0.167. The highest BCUT2D eigenvalue weighted by Gasteiger charge is 2.16. The summed E-state index contributed by atoms with van der Waals surface area (Å²) in [5.74, 6) is -0.376. The summed E-state index contributed by atoms with van der Waals surface area (Å²) in [6, 6.07) is 13.8. The molecule has 2 rings (SSSR count). The first-order valence-electron chi connectivity index (χ1n) is 7.79. The van der Waals surface area contributed by atoms with E-state index in [1.807, 2.05) is 19.9 Å². The molecule has 0 aliphatic carbocycles. The van der Waals surface area contributed by atoms with Gasteiger partial charge in [-0.2, -0.15) is 0 Å². The molecule has 2 aromatic carbocycles. The molecule has 0 radical (unpaired) electrons. The zero-order valence-electron chi connectivity index (χ0n) is 14.2. The predicted octanol–water partition coefficient (Wildman–Crippen LogP) is 3.19. The number of ether oxygens (including phenoxy) is 1. The number of rotatable bonds is 4. The summed E-state index contributed by atoms with van der Waals surface area (Å²) in [5, 5.41) is 2.48. The molecule has 0 atom stereocenters. The van der Waals surface area contributed by atoms with Crippen molar-refractivity contribution in [1.29, 1.82) is 0 Å². The van der Waals surface area contributed by atoms with E-state index in [0.29, 0.717) is 16.9 Å². The van der Waals surface area contributed by atoms with Crippen LogP contribution in [0.5, 0.6) is 5.75 Å². The van der Waals surface area contributed by atoms with Gasteiger partial charge in [0.15, 0.2) is 5.11 Å². The van der Waals surface area contributed by atoms with E-state index in [9.17, 15) is 9.59 Å². The van der Waals surface area contributed by atoms with Gasteiger partial charge in [-0.05, 0) is 56.4 Å². The summed E-state index contributed by atoms with van der Waals surface area (Å²) in [5.41, 5.74) is 5.72. The number of carbonyl (C=O) groups is 2. The third-order valence-electron chi connectivity index (χ3n) is 3.10. The summed E-state index contributed by atoms with van der Waals surface area (Å²) in [6.07, 6.45) is -0.0852. The Labute approximate surface area is 165 Å². The Morgan fingerprint density at radius 1 is 1.04 bits per heavy atom. The number of nitrogens with one attached hydrogen (secondary N) is 3. The van der Waals surface area contributed by atoms with Gasteiger partial charge in [-0.3, -0.25) is 25.8 Å². The highest BCUT2D eigenvalue weighted by molar-refractivity contribution is 9.10. The minimum Gasteiger partial charge on any atom is -0.490 e. The smallest absolute Gasteiger partial charge is 0.269 e. The molecule has 0 bridgehead atoms. The van der Waals surface area contributed by atoms with Crippen LogP contribution in [0.25, 0.3) is 0 Å². The van der Waals surface area contributed by atoms with Gasteiger partial charge in [0, 0.05) is 10.0 Å². The predicted molar refractivity (Wildman–Crippen MR) is 107 cm³/mol. The Morgan fingerprint density at radius 2 is 1.73 bits per heavy atom. The van der Waals surface area contributed by atoms with Gasteiger partial charge in [-0.15, -0.1) is 0 Å². The number of hydrazine groups is 1. The number of amides is 2. The van der Waals surface area contributed by atoms with Crippen molar-refractivity contribution in [2.45, 2.75) is 20.0 Å². The molecule has 0 unspecified atom stereocenters. The maximum atomic E-state index is 12.5. The molecule has 0 aromatic heterocycles. The molecular formula is C18H18BrN3O3S. The van der Waals surface area contributed by atoms with Gasteiger partial charge >= 0.3 is 0 Å². The van der Waals surface area contributed by atoms with Gasteiger partial charge < -0.3 is 4.74 Å². The third kappa shape index (κ3) is 5.82. The standard InChI is InChI=1S/C18H18BrN3O3S/c1-11(2)25-15-9-8-13(19)10-14(15)17(24)20-18(26)22-21-16(23)12-6-4-3-5-7-12/h3-11H,1-2H3,(H,21,23)(H2,20,22,24,26). The molecule has 2 amide bonds. The summed E-state index contributed by atoms with van der Waals surface area (Å²) in [4.78, 5) is 24.4. The van der Waals surface area contributed by atoms with E-state index in [1.54, 1.807) is 42.5 Å². The van der Waals surface area contributed by atoms with E-state index in [0.717, 1.165) is 4.47 Å². The van der Waals surface area contributed by atoms with Crippen LogP contribution < -0.4 is 20.9 Å². The molecule has 6 nitrogen and oxygen atoms in total. The molecule has 0 fully saturated rings. The van der Waals surface area contributed by atoms with Crippen LogP contribution in [0.1, 0.15) is 34.6 Å². The largest absolute Gasteiger partial charge is 0.490 e. The second-order valence-corrected chi connectivity index (χ2v) is 6.86. The molecule has 2 aromatic rings. The van der Waals surface area contributed by atoms with Gasteiger partial charge in [0.05, 0.1) is 11.7 Å². The molecule has 3 N–H and O–H groups in total. The molecule has 0 spiro atoms. The number of halogens is 1. The van der Waals surface area contributed by atoms with Crippen LogP contribution in [0.15, 0.2) is 53.0 Å². The van der Waals surface area contributed by atoms with Crippen LogP contribution in [0, 0.1) is 0 Å². The van der Waals surface area contributed by atoms with Crippen molar-refractivity contribution >= 4 is 45.1 Å². The van der Waals surface area contributed by atoms with Crippen molar-refractivity contribution < 1.29 is 14.3 Å². The normalized spacial score (nSPS) is 10.2. The summed E-state index contributed by atoms with van der Waals surface area (Å²) >= 11 is 8.38. The fourth-order valence-corrected chi connectivity index (χ4v) is 2.52. The minimum absolute atomic E-state index is 0.0326. The Balaban J connectivity index is 1.98. The molecule has 0 aliphatic heterocycles. The van der Waals surface area contributed by atoms with E-state index in [-0.39, 0.29) is 17.1 Å². The maximum Gasteiger partial charge on any atom is 0.269 e. The molecule has 0 saturated heterocycles. The second-order valence-electron chi connectivity index (χ2n) is 5.54. The Hall–Kier alpha value is -2.45. The molecule has 8 heteroatoms. The van der Waals surface area contributed by atoms with E-state index in [2.05, 4.69) is 32.1 Å². The van der Waals surface area contributed by atoms with Gasteiger partial charge in [0.2, 0.25) is 0 Å². The number of hydrogen-bond acceptors (Lipinski definition) is 4. The van der Waals surface area contributed by atoms with Crippen molar-refractivity contribution in [1.82, 2.24) is 16.2 Å². The second kappa shape index (κ2) is 9.30. The van der Waals surface area contributed by atoms with Crippen molar-refractivity contribution in [3.8, 4) is 5.75 Å². The zero-order valence-corrected chi connectivity index (χ0v) is 16.6. The molecular weight excluding hydrogens is 418 g/mol. The monoisotopic (exact) mass is 435 g/mol. The average Bonchev–Trinajstić information content (AvgIpc) is 2.61. The van der Waals surface area contributed by atoms with Crippen molar-refractivity contribution in [3.05, 3.63) is 64.1 Å². The topological polar surface area (TPSA) is 79.5 Å². The zero-order chi connectivity index (χ0) is 19.1. The highest BCUT2D eigenvalue weighted by atomic mass is 79.9. The molecule has 0 heterocycles. The van der Waals surface area contributed by atoms with Gasteiger partial charge in [0.1, 0.15) is 5.75 Å². The Kier molecular flexibility index (Phi) is 7.11. The van der Waals surface area contributed by atoms with Crippen LogP contribution in [0.3, 0.4) is 0 Å². The van der Waals surface area contributed by atoms with Crippen LogP contribution in [0.4, 0.5) is 0 Å². The van der Waals surface area contributed by atoms with Gasteiger partial charge in [0.25, 0.3) is 11.8 Å². The summed E-state index contributed by atoms with van der Waals surface area (Å²) in [7, 11) is 0. The van der Waals surface area contributed by atoms with E-state index < -0.39 is 5.91 Å². The lowest BCUT2D eigenvalue weighted by Gasteiger charge is -2.15. The van der Waals surface area contributed by atoms with E-state index in [1.165, 1.54) is 0 Å². The first-order valence-corrected chi connectivity index (χ1v) is 9.00. The van der Waals surface area contributed by atoms with Crippen molar-refractivity contribution in [3.63, 3.8) is 0 Å². The third-order valence-corrected chi connectivity index (χ3v) is 3.80. The summed E-state index contributed by atoms with van der Waals surface area (Å²) in [6.45, 7) is 3.74. The molecule has 0 saturated carbocycles. The Bertz CT molecular complexity index is 813. The van der Waals surface area contributed by atoms with E-state index in [4.69, 9.17) is 17.0 Å². The number of hydrogen-bond donors (Lipinski definition) is 3. The fourth-order valence-electron chi connectivity index (χ4n) is 2.01. The number of thiocarbonyl (C=S) groups is 1. The first kappa shape index (κ1) is 19.9. The SMILES string of the molecule is CC(C)Oc1ccc(Br)cc1C(=O)NC(=S)NNC(=O)c1ccccc1. The number of benzene rings is 2. The van der Waals surface area contributed by atoms with Gasteiger partial charge in [-0.1, -0.05) is 34.1 Å². The molecule has 26 heavy (non-hydrogen) atoms. The Morgan fingerprint density at radius 3 is 2.38 bits per heavy atom. The van der Waals surface area contributed by atoms with Crippen molar-refractivity contribution in [2.75, 3.05) is 0 Å². The van der Waals surface area contributed by atoms with Crippen LogP contribution in [0.2, 0.25) is 0 Å². The minimum atomic E-state index is -0.451. The number of carbonyl (C=O) groups excluding carboxylic acids is 2. The first-order chi connectivity index (χ1) is 12.4. The van der Waals surface area contributed by atoms with E-state index >= 15 is 0 Å².